The van der Waals surface area contributed by atoms with E-state index in [1.807, 2.05) is 0 Å². The van der Waals surface area contributed by atoms with Crippen LogP contribution in [0.25, 0.3) is 0 Å². The maximum absolute atomic E-state index is 13.7. The van der Waals surface area contributed by atoms with Gasteiger partial charge < -0.3 is 15.2 Å². The molecule has 108 valence electrons. The first-order chi connectivity index (χ1) is 9.49. The summed E-state index contributed by atoms with van der Waals surface area (Å²) in [4.78, 5) is 22.3. The zero-order valence-corrected chi connectivity index (χ0v) is 10.5. The van der Waals surface area contributed by atoms with Gasteiger partial charge in [0.1, 0.15) is 0 Å². The van der Waals surface area contributed by atoms with Crippen LogP contribution in [0.1, 0.15) is 29.6 Å². The molecule has 1 atom stereocenters. The highest BCUT2D eigenvalue weighted by molar-refractivity contribution is 5.87. The molecule has 1 aromatic carbocycles. The van der Waals surface area contributed by atoms with Crippen molar-refractivity contribution >= 4 is 11.9 Å². The highest BCUT2D eigenvalue weighted by Gasteiger charge is 2.26. The van der Waals surface area contributed by atoms with Gasteiger partial charge in [-0.1, -0.05) is 0 Å². The zero-order chi connectivity index (χ0) is 14.7. The molecule has 1 unspecified atom stereocenters. The number of amides is 1. The molecule has 1 amide bonds. The van der Waals surface area contributed by atoms with E-state index in [1.54, 1.807) is 0 Å². The minimum atomic E-state index is -1.44. The van der Waals surface area contributed by atoms with Crippen LogP contribution in [-0.4, -0.2) is 29.6 Å². The Balaban J connectivity index is 2.24. The first-order valence-corrected chi connectivity index (χ1v) is 6.15. The van der Waals surface area contributed by atoms with Crippen LogP contribution in [0.5, 0.6) is 5.75 Å². The topological polar surface area (TPSA) is 75.6 Å². The average molecular weight is 285 g/mol. The van der Waals surface area contributed by atoms with Gasteiger partial charge in [0, 0.05) is 6.54 Å². The van der Waals surface area contributed by atoms with Gasteiger partial charge >= 0.3 is 5.97 Å². The number of nitrogens with one attached hydrogen (secondary N) is 1. The van der Waals surface area contributed by atoms with Gasteiger partial charge in [-0.15, -0.1) is 0 Å². The number of carbonyl (C=O) groups excluding carboxylic acids is 1. The van der Waals surface area contributed by atoms with Gasteiger partial charge in [-0.2, -0.15) is 0 Å². The van der Waals surface area contributed by atoms with Crippen molar-refractivity contribution in [2.75, 3.05) is 6.54 Å². The van der Waals surface area contributed by atoms with Gasteiger partial charge in [-0.25, -0.2) is 13.6 Å². The summed E-state index contributed by atoms with van der Waals surface area (Å²) < 4.78 is 32.5. The molecular weight excluding hydrogens is 272 g/mol. The van der Waals surface area contributed by atoms with Crippen LogP contribution in [0.2, 0.25) is 0 Å². The van der Waals surface area contributed by atoms with Crippen molar-refractivity contribution in [3.63, 3.8) is 0 Å². The molecule has 0 spiro atoms. The number of ether oxygens (including phenoxy) is 1. The number of benzene rings is 1. The van der Waals surface area contributed by atoms with Gasteiger partial charge in [-0.05, 0) is 31.4 Å². The van der Waals surface area contributed by atoms with E-state index in [9.17, 15) is 18.4 Å². The van der Waals surface area contributed by atoms with Crippen molar-refractivity contribution in [2.24, 2.45) is 0 Å². The van der Waals surface area contributed by atoms with Crippen molar-refractivity contribution in [1.29, 1.82) is 0 Å². The summed E-state index contributed by atoms with van der Waals surface area (Å²) in [5.74, 6) is -4.87. The molecule has 1 aliphatic rings. The molecule has 0 radical (unpaired) electrons. The van der Waals surface area contributed by atoms with E-state index in [0.717, 1.165) is 6.42 Å². The number of hydrogen-bond donors (Lipinski definition) is 2. The van der Waals surface area contributed by atoms with Gasteiger partial charge in [0.2, 0.25) is 0 Å². The molecule has 5 nitrogen and oxygen atoms in total. The first-order valence-electron chi connectivity index (χ1n) is 6.15. The lowest BCUT2D eigenvalue weighted by molar-refractivity contribution is -0.127. The van der Waals surface area contributed by atoms with Crippen molar-refractivity contribution in [3.8, 4) is 5.75 Å². The lowest BCUT2D eigenvalue weighted by Crippen LogP contribution is -2.36. The maximum atomic E-state index is 13.7. The molecule has 0 bridgehead atoms. The Bertz CT molecular complexity index is 524. The number of aromatic carboxylic acids is 1. The molecule has 0 saturated carbocycles. The van der Waals surface area contributed by atoms with Crippen molar-refractivity contribution in [3.05, 3.63) is 29.3 Å². The third-order valence-electron chi connectivity index (χ3n) is 2.99. The van der Waals surface area contributed by atoms with Crippen LogP contribution in [-0.2, 0) is 4.79 Å². The smallest absolute Gasteiger partial charge is 0.335 e. The first kappa shape index (κ1) is 14.2. The zero-order valence-electron chi connectivity index (χ0n) is 10.5. The number of carboxylic acid groups (broad SMARTS) is 1. The van der Waals surface area contributed by atoms with E-state index >= 15 is 0 Å². The van der Waals surface area contributed by atoms with Crippen LogP contribution < -0.4 is 10.1 Å². The number of hydrogen-bond acceptors (Lipinski definition) is 3. The molecule has 0 aliphatic carbocycles. The Labute approximate surface area is 113 Å². The average Bonchev–Trinajstić information content (AvgIpc) is 2.58. The highest BCUT2D eigenvalue weighted by atomic mass is 19.1. The minimum absolute atomic E-state index is 0.353. The molecule has 2 N–H and O–H groups in total. The summed E-state index contributed by atoms with van der Waals surface area (Å²) in [5, 5.41) is 11.3. The minimum Gasteiger partial charge on any atom is -0.478 e. The molecule has 20 heavy (non-hydrogen) atoms. The lowest BCUT2D eigenvalue weighted by atomic mass is 10.1. The largest absolute Gasteiger partial charge is 0.478 e. The molecule has 2 rings (SSSR count). The van der Waals surface area contributed by atoms with Gasteiger partial charge in [0.15, 0.2) is 23.5 Å². The monoisotopic (exact) mass is 285 g/mol. The molecule has 7 heteroatoms. The van der Waals surface area contributed by atoms with Crippen molar-refractivity contribution in [1.82, 2.24) is 5.32 Å². The number of rotatable bonds is 3. The number of halogens is 2. The lowest BCUT2D eigenvalue weighted by Gasteiger charge is -2.17. The molecular formula is C13H13F2NO4. The van der Waals surface area contributed by atoms with Crippen LogP contribution >= 0.6 is 0 Å². The second-order valence-electron chi connectivity index (χ2n) is 4.47. The Hall–Kier alpha value is -2.18. The van der Waals surface area contributed by atoms with Crippen LogP contribution in [0, 0.1) is 11.6 Å². The summed E-state index contributed by atoms with van der Waals surface area (Å²) in [6, 6.07) is 1.32. The van der Waals surface area contributed by atoms with Crippen molar-refractivity contribution < 1.29 is 28.2 Å². The molecule has 1 saturated heterocycles. The maximum Gasteiger partial charge on any atom is 0.335 e. The highest BCUT2D eigenvalue weighted by Crippen LogP contribution is 2.26. The van der Waals surface area contributed by atoms with Crippen LogP contribution in [0.3, 0.4) is 0 Å². The fourth-order valence-electron chi connectivity index (χ4n) is 1.96. The fraction of sp³-hybridized carbons (Fsp3) is 0.385. The molecule has 1 aromatic rings. The second kappa shape index (κ2) is 5.85. The Morgan fingerprint density at radius 3 is 2.55 bits per heavy atom. The van der Waals surface area contributed by atoms with Gasteiger partial charge in [-0.3, -0.25) is 4.79 Å². The van der Waals surface area contributed by atoms with Gasteiger partial charge in [0.25, 0.3) is 5.91 Å². The molecule has 1 fully saturated rings. The number of carboxylic acids is 1. The molecule has 0 aromatic heterocycles. The summed E-state index contributed by atoms with van der Waals surface area (Å²) >= 11 is 0. The summed E-state index contributed by atoms with van der Waals surface area (Å²) in [5.41, 5.74) is -0.516. The molecule has 1 aliphatic heterocycles. The Morgan fingerprint density at radius 2 is 1.95 bits per heavy atom. The summed E-state index contributed by atoms with van der Waals surface area (Å²) in [6.45, 7) is 0.502. The quantitative estimate of drug-likeness (QED) is 0.886. The predicted molar refractivity (Wildman–Crippen MR) is 64.6 cm³/mol. The summed E-state index contributed by atoms with van der Waals surface area (Å²) in [6.07, 6.45) is 0.844. The van der Waals surface area contributed by atoms with E-state index < -0.39 is 40.9 Å². The number of carbonyl (C=O) groups is 2. The van der Waals surface area contributed by atoms with E-state index in [1.165, 1.54) is 0 Å². The standard InChI is InChI=1S/C13H13F2NO4/c14-8-5-7(13(18)19)6-9(15)11(8)20-10-3-1-2-4-16-12(10)17/h5-6,10H,1-4H2,(H,16,17)(H,18,19). The second-order valence-corrected chi connectivity index (χ2v) is 4.47. The third-order valence-corrected chi connectivity index (χ3v) is 2.99. The Morgan fingerprint density at radius 1 is 1.30 bits per heavy atom. The fourth-order valence-corrected chi connectivity index (χ4v) is 1.96. The summed E-state index contributed by atoms with van der Waals surface area (Å²) in [7, 11) is 0. The van der Waals surface area contributed by atoms with Gasteiger partial charge in [0.05, 0.1) is 5.56 Å². The Kier molecular flexibility index (Phi) is 4.16. The van der Waals surface area contributed by atoms with E-state index in [2.05, 4.69) is 5.32 Å². The third kappa shape index (κ3) is 3.04. The van der Waals surface area contributed by atoms with E-state index in [0.29, 0.717) is 31.5 Å². The van der Waals surface area contributed by atoms with Crippen LogP contribution in [0.15, 0.2) is 12.1 Å². The van der Waals surface area contributed by atoms with E-state index in [4.69, 9.17) is 9.84 Å². The van der Waals surface area contributed by atoms with Crippen molar-refractivity contribution in [2.45, 2.75) is 25.4 Å². The van der Waals surface area contributed by atoms with Crippen LogP contribution in [0.4, 0.5) is 8.78 Å². The normalized spacial score (nSPS) is 19.1. The molecule has 1 heterocycles. The predicted octanol–water partition coefficient (Wildman–Crippen LogP) is 1.71. The SMILES string of the molecule is O=C(O)c1cc(F)c(OC2CCCCNC2=O)c(F)c1. The van der Waals surface area contributed by atoms with E-state index in [-0.39, 0.29) is 0 Å².